The van der Waals surface area contributed by atoms with Gasteiger partial charge in [0.15, 0.2) is 6.10 Å². The summed E-state index contributed by atoms with van der Waals surface area (Å²) in [5.41, 5.74) is 0. The van der Waals surface area contributed by atoms with Crippen LogP contribution in [0.25, 0.3) is 0 Å². The van der Waals surface area contributed by atoms with E-state index in [4.69, 9.17) is 27.9 Å². The van der Waals surface area contributed by atoms with Crippen molar-refractivity contribution in [2.45, 2.75) is 45.8 Å². The van der Waals surface area contributed by atoms with Crippen LogP contribution in [0.4, 0.5) is 0 Å². The van der Waals surface area contributed by atoms with Crippen molar-refractivity contribution in [2.75, 3.05) is 0 Å². The Kier molecular flexibility index (Phi) is 6.46. The van der Waals surface area contributed by atoms with Crippen molar-refractivity contribution in [1.82, 2.24) is 5.32 Å². The molecule has 1 rings (SSSR count). The van der Waals surface area contributed by atoms with E-state index in [-0.39, 0.29) is 11.9 Å². The summed E-state index contributed by atoms with van der Waals surface area (Å²) in [6, 6.07) is 5.06. The Hall–Kier alpha value is -0.930. The summed E-state index contributed by atoms with van der Waals surface area (Å²) in [4.78, 5) is 11.9. The molecule has 2 atom stereocenters. The molecule has 0 aliphatic carbocycles. The van der Waals surface area contributed by atoms with Crippen LogP contribution in [-0.4, -0.2) is 18.1 Å². The van der Waals surface area contributed by atoms with Gasteiger partial charge in [0, 0.05) is 11.1 Å². The maximum atomic E-state index is 11.9. The molecular formula is C14H19Cl2NO2. The van der Waals surface area contributed by atoms with E-state index in [1.54, 1.807) is 25.1 Å². The molecule has 0 aromatic heterocycles. The van der Waals surface area contributed by atoms with E-state index in [1.165, 1.54) is 0 Å². The molecule has 3 nitrogen and oxygen atoms in total. The first-order valence-corrected chi connectivity index (χ1v) is 7.11. The first-order chi connectivity index (χ1) is 8.93. The number of nitrogens with one attached hydrogen (secondary N) is 1. The van der Waals surface area contributed by atoms with Crippen molar-refractivity contribution in [3.63, 3.8) is 0 Å². The van der Waals surface area contributed by atoms with Gasteiger partial charge in [0.25, 0.3) is 5.91 Å². The van der Waals surface area contributed by atoms with Crippen molar-refractivity contribution < 1.29 is 9.53 Å². The van der Waals surface area contributed by atoms with E-state index >= 15 is 0 Å². The van der Waals surface area contributed by atoms with Gasteiger partial charge < -0.3 is 10.1 Å². The highest BCUT2D eigenvalue weighted by atomic mass is 35.5. The Bertz CT molecular complexity index is 437. The second kappa shape index (κ2) is 7.61. The lowest BCUT2D eigenvalue weighted by atomic mass is 10.2. The fourth-order valence-electron chi connectivity index (χ4n) is 1.68. The Morgan fingerprint density at radius 2 is 2.05 bits per heavy atom. The molecule has 1 N–H and O–H groups in total. The highest BCUT2D eigenvalue weighted by molar-refractivity contribution is 6.35. The molecular weight excluding hydrogens is 285 g/mol. The molecule has 1 aromatic rings. The molecule has 0 radical (unpaired) electrons. The summed E-state index contributed by atoms with van der Waals surface area (Å²) in [7, 11) is 0. The van der Waals surface area contributed by atoms with Crippen LogP contribution in [0.15, 0.2) is 18.2 Å². The third kappa shape index (κ3) is 5.29. The maximum Gasteiger partial charge on any atom is 0.260 e. The summed E-state index contributed by atoms with van der Waals surface area (Å²) in [6.45, 7) is 5.75. The molecule has 0 unspecified atom stereocenters. The molecule has 0 saturated heterocycles. The first-order valence-electron chi connectivity index (χ1n) is 6.36. The van der Waals surface area contributed by atoms with E-state index in [2.05, 4.69) is 12.2 Å². The minimum Gasteiger partial charge on any atom is -0.479 e. The Labute approximate surface area is 124 Å². The molecule has 5 heteroatoms. The average Bonchev–Trinajstić information content (AvgIpc) is 2.32. The Morgan fingerprint density at radius 3 is 2.63 bits per heavy atom. The standard InChI is InChI=1S/C14H19Cl2NO2/c1-4-5-9(2)17-14(18)10(3)19-13-7-6-11(15)8-12(13)16/h6-10H,4-5H2,1-3H3,(H,17,18)/t9-,10-/m0/s1. The Balaban J connectivity index is 2.58. The van der Waals surface area contributed by atoms with Gasteiger partial charge in [-0.15, -0.1) is 0 Å². The smallest absolute Gasteiger partial charge is 0.260 e. The number of rotatable bonds is 6. The largest absolute Gasteiger partial charge is 0.479 e. The van der Waals surface area contributed by atoms with Gasteiger partial charge >= 0.3 is 0 Å². The molecule has 1 amide bonds. The highest BCUT2D eigenvalue weighted by Gasteiger charge is 2.17. The summed E-state index contributed by atoms with van der Waals surface area (Å²) in [5.74, 6) is 0.309. The molecule has 0 fully saturated rings. The number of ether oxygens (including phenoxy) is 1. The number of benzene rings is 1. The topological polar surface area (TPSA) is 38.3 Å². The SMILES string of the molecule is CCC[C@H](C)NC(=O)[C@H](C)Oc1ccc(Cl)cc1Cl. The average molecular weight is 304 g/mol. The zero-order valence-corrected chi connectivity index (χ0v) is 12.9. The van der Waals surface area contributed by atoms with Gasteiger partial charge in [0.05, 0.1) is 5.02 Å². The first kappa shape index (κ1) is 16.1. The van der Waals surface area contributed by atoms with Crippen LogP contribution in [0.1, 0.15) is 33.6 Å². The van der Waals surface area contributed by atoms with Gasteiger partial charge in [-0.3, -0.25) is 4.79 Å². The van der Waals surface area contributed by atoms with Gasteiger partial charge in [0.1, 0.15) is 5.75 Å². The molecule has 0 aliphatic rings. The number of hydrogen-bond donors (Lipinski definition) is 1. The molecule has 0 heterocycles. The lowest BCUT2D eigenvalue weighted by Crippen LogP contribution is -2.41. The van der Waals surface area contributed by atoms with Gasteiger partial charge in [0.2, 0.25) is 0 Å². The summed E-state index contributed by atoms with van der Waals surface area (Å²) < 4.78 is 5.54. The minimum atomic E-state index is -0.599. The zero-order chi connectivity index (χ0) is 14.4. The van der Waals surface area contributed by atoms with Crippen molar-refractivity contribution in [1.29, 1.82) is 0 Å². The molecule has 19 heavy (non-hydrogen) atoms. The van der Waals surface area contributed by atoms with Crippen LogP contribution >= 0.6 is 23.2 Å². The van der Waals surface area contributed by atoms with Crippen molar-refractivity contribution in [3.05, 3.63) is 28.2 Å². The van der Waals surface area contributed by atoms with Crippen LogP contribution in [0.5, 0.6) is 5.75 Å². The number of amides is 1. The molecule has 0 aliphatic heterocycles. The molecule has 0 bridgehead atoms. The normalized spacial score (nSPS) is 13.7. The second-order valence-corrected chi connectivity index (χ2v) is 5.38. The van der Waals surface area contributed by atoms with E-state index in [0.29, 0.717) is 15.8 Å². The van der Waals surface area contributed by atoms with E-state index in [1.807, 2.05) is 6.92 Å². The van der Waals surface area contributed by atoms with E-state index < -0.39 is 6.10 Å². The van der Waals surface area contributed by atoms with Crippen LogP contribution in [0.2, 0.25) is 10.0 Å². The zero-order valence-electron chi connectivity index (χ0n) is 11.4. The van der Waals surface area contributed by atoms with Crippen LogP contribution < -0.4 is 10.1 Å². The van der Waals surface area contributed by atoms with E-state index in [9.17, 15) is 4.79 Å². The molecule has 0 spiro atoms. The van der Waals surface area contributed by atoms with Crippen LogP contribution in [-0.2, 0) is 4.79 Å². The van der Waals surface area contributed by atoms with Crippen molar-refractivity contribution >= 4 is 29.1 Å². The van der Waals surface area contributed by atoms with Crippen molar-refractivity contribution in [2.24, 2.45) is 0 Å². The van der Waals surface area contributed by atoms with Gasteiger partial charge in [-0.25, -0.2) is 0 Å². The Morgan fingerprint density at radius 1 is 1.37 bits per heavy atom. The predicted molar refractivity (Wildman–Crippen MR) is 79.1 cm³/mol. The fraction of sp³-hybridized carbons (Fsp3) is 0.500. The minimum absolute atomic E-state index is 0.143. The monoisotopic (exact) mass is 303 g/mol. The van der Waals surface area contributed by atoms with Gasteiger partial charge in [-0.05, 0) is 38.5 Å². The molecule has 0 saturated carbocycles. The lowest BCUT2D eigenvalue weighted by molar-refractivity contribution is -0.127. The number of hydrogen-bond acceptors (Lipinski definition) is 2. The fourth-order valence-corrected chi connectivity index (χ4v) is 2.13. The highest BCUT2D eigenvalue weighted by Crippen LogP contribution is 2.28. The van der Waals surface area contributed by atoms with Gasteiger partial charge in [-0.2, -0.15) is 0 Å². The molecule has 1 aromatic carbocycles. The van der Waals surface area contributed by atoms with E-state index in [0.717, 1.165) is 12.8 Å². The summed E-state index contributed by atoms with van der Waals surface area (Å²) in [6.07, 6.45) is 1.37. The summed E-state index contributed by atoms with van der Waals surface area (Å²) >= 11 is 11.8. The van der Waals surface area contributed by atoms with Crippen molar-refractivity contribution in [3.8, 4) is 5.75 Å². The number of carbonyl (C=O) groups excluding carboxylic acids is 1. The van der Waals surface area contributed by atoms with Crippen LogP contribution in [0.3, 0.4) is 0 Å². The van der Waals surface area contributed by atoms with Crippen LogP contribution in [0, 0.1) is 0 Å². The second-order valence-electron chi connectivity index (χ2n) is 4.53. The number of carbonyl (C=O) groups is 1. The third-order valence-corrected chi connectivity index (χ3v) is 3.21. The maximum absolute atomic E-state index is 11.9. The predicted octanol–water partition coefficient (Wildman–Crippen LogP) is 4.07. The summed E-state index contributed by atoms with van der Waals surface area (Å²) in [5, 5.41) is 3.83. The number of halogens is 2. The third-order valence-electron chi connectivity index (χ3n) is 2.68. The quantitative estimate of drug-likeness (QED) is 0.860. The lowest BCUT2D eigenvalue weighted by Gasteiger charge is -2.18. The molecule has 106 valence electrons. The van der Waals surface area contributed by atoms with Gasteiger partial charge in [-0.1, -0.05) is 36.5 Å².